The van der Waals surface area contributed by atoms with Gasteiger partial charge in [0.1, 0.15) is 11.1 Å². The zero-order valence-corrected chi connectivity index (χ0v) is 12.0. The first kappa shape index (κ1) is 14.4. The van der Waals surface area contributed by atoms with Crippen molar-refractivity contribution in [2.75, 3.05) is 0 Å². The van der Waals surface area contributed by atoms with Gasteiger partial charge < -0.3 is 4.74 Å². The van der Waals surface area contributed by atoms with Crippen molar-refractivity contribution in [2.24, 2.45) is 0 Å². The molecule has 0 unspecified atom stereocenters. The van der Waals surface area contributed by atoms with Gasteiger partial charge in [-0.15, -0.1) is 0 Å². The van der Waals surface area contributed by atoms with E-state index in [0.29, 0.717) is 12.8 Å². The van der Waals surface area contributed by atoms with E-state index in [1.807, 2.05) is 60.7 Å². The number of benzene rings is 2. The van der Waals surface area contributed by atoms with Crippen LogP contribution in [0.5, 0.6) is 0 Å². The summed E-state index contributed by atoms with van der Waals surface area (Å²) in [6, 6.07) is 20.0. The SMILES string of the molecule is Cl[C@@H](Cc1ccccc1)O[C@@H](Cl)Cc1ccccc1. The van der Waals surface area contributed by atoms with Crippen LogP contribution in [0.15, 0.2) is 60.7 Å². The summed E-state index contributed by atoms with van der Waals surface area (Å²) >= 11 is 12.3. The van der Waals surface area contributed by atoms with Crippen molar-refractivity contribution < 1.29 is 4.74 Å². The third-order valence-corrected chi connectivity index (χ3v) is 3.29. The molecule has 0 amide bonds. The molecule has 0 aromatic heterocycles. The van der Waals surface area contributed by atoms with E-state index < -0.39 is 11.1 Å². The zero-order chi connectivity index (χ0) is 13.5. The first-order valence-corrected chi connectivity index (χ1v) is 7.13. The van der Waals surface area contributed by atoms with Crippen LogP contribution in [0.25, 0.3) is 0 Å². The molecular weight excluding hydrogens is 279 g/mol. The Morgan fingerprint density at radius 3 is 1.42 bits per heavy atom. The Kier molecular flexibility index (Phi) is 5.71. The van der Waals surface area contributed by atoms with Crippen LogP contribution in [-0.4, -0.2) is 11.1 Å². The lowest BCUT2D eigenvalue weighted by atomic mass is 10.1. The van der Waals surface area contributed by atoms with Crippen LogP contribution in [0, 0.1) is 0 Å². The van der Waals surface area contributed by atoms with Crippen LogP contribution >= 0.6 is 23.2 Å². The second-order valence-electron chi connectivity index (χ2n) is 4.34. The summed E-state index contributed by atoms with van der Waals surface area (Å²) in [7, 11) is 0. The topological polar surface area (TPSA) is 9.23 Å². The molecule has 0 fully saturated rings. The number of alkyl halides is 2. The highest BCUT2D eigenvalue weighted by Gasteiger charge is 2.13. The van der Waals surface area contributed by atoms with E-state index in [1.165, 1.54) is 0 Å². The van der Waals surface area contributed by atoms with Crippen LogP contribution in [0.3, 0.4) is 0 Å². The molecule has 2 atom stereocenters. The number of hydrogen-bond acceptors (Lipinski definition) is 1. The Bertz CT molecular complexity index is 427. The van der Waals surface area contributed by atoms with E-state index in [0.717, 1.165) is 11.1 Å². The molecule has 0 bridgehead atoms. The Hall–Kier alpha value is -1.02. The van der Waals surface area contributed by atoms with Crippen LogP contribution in [0.2, 0.25) is 0 Å². The van der Waals surface area contributed by atoms with Crippen molar-refractivity contribution in [1.29, 1.82) is 0 Å². The molecule has 3 heteroatoms. The molecule has 1 nitrogen and oxygen atoms in total. The summed E-state index contributed by atoms with van der Waals surface area (Å²) in [5, 5.41) is 0. The third-order valence-electron chi connectivity index (χ3n) is 2.77. The standard InChI is InChI=1S/C16H16Cl2O/c17-15(11-13-7-3-1-4-8-13)19-16(18)12-14-9-5-2-6-10-14/h1-10,15-16H,11-12H2/t15-,16-/m1/s1. The minimum Gasteiger partial charge on any atom is -0.343 e. The summed E-state index contributed by atoms with van der Waals surface area (Å²) in [5.74, 6) is 0. The molecule has 0 saturated carbocycles. The van der Waals surface area contributed by atoms with E-state index in [4.69, 9.17) is 27.9 Å². The van der Waals surface area contributed by atoms with Crippen molar-refractivity contribution >= 4 is 23.2 Å². The normalized spacial score (nSPS) is 14.0. The molecule has 0 radical (unpaired) electrons. The van der Waals surface area contributed by atoms with Gasteiger partial charge >= 0.3 is 0 Å². The minimum absolute atomic E-state index is 0.409. The van der Waals surface area contributed by atoms with E-state index in [1.54, 1.807) is 0 Å². The molecule has 0 aliphatic rings. The van der Waals surface area contributed by atoms with Gasteiger partial charge in [0.25, 0.3) is 0 Å². The number of halogens is 2. The molecule has 19 heavy (non-hydrogen) atoms. The van der Waals surface area contributed by atoms with E-state index in [9.17, 15) is 0 Å². The zero-order valence-electron chi connectivity index (χ0n) is 10.5. The van der Waals surface area contributed by atoms with E-state index in [2.05, 4.69) is 0 Å². The fourth-order valence-corrected chi connectivity index (χ4v) is 2.51. The molecule has 2 rings (SSSR count). The van der Waals surface area contributed by atoms with Gasteiger partial charge in [-0.25, -0.2) is 0 Å². The Labute approximate surface area is 124 Å². The highest BCUT2D eigenvalue weighted by molar-refractivity contribution is 6.21. The Balaban J connectivity index is 1.80. The maximum Gasteiger partial charge on any atom is 0.137 e. The van der Waals surface area contributed by atoms with Crippen molar-refractivity contribution in [3.8, 4) is 0 Å². The number of hydrogen-bond donors (Lipinski definition) is 0. The van der Waals surface area contributed by atoms with Gasteiger partial charge in [0.2, 0.25) is 0 Å². The average molecular weight is 295 g/mol. The molecule has 0 aliphatic carbocycles. The van der Waals surface area contributed by atoms with Gasteiger partial charge in [0.15, 0.2) is 0 Å². The summed E-state index contributed by atoms with van der Waals surface area (Å²) in [6.07, 6.45) is 1.31. The lowest BCUT2D eigenvalue weighted by molar-refractivity contribution is 0.0825. The largest absolute Gasteiger partial charge is 0.343 e. The van der Waals surface area contributed by atoms with Crippen molar-refractivity contribution in [1.82, 2.24) is 0 Å². The molecule has 0 aliphatic heterocycles. The Morgan fingerprint density at radius 2 is 1.05 bits per heavy atom. The number of ether oxygens (including phenoxy) is 1. The molecule has 100 valence electrons. The van der Waals surface area contributed by atoms with Gasteiger partial charge in [0.05, 0.1) is 0 Å². The first-order valence-electron chi connectivity index (χ1n) is 6.25. The monoisotopic (exact) mass is 294 g/mol. The van der Waals surface area contributed by atoms with Gasteiger partial charge in [-0.1, -0.05) is 83.9 Å². The maximum absolute atomic E-state index is 6.17. The molecule has 0 N–H and O–H groups in total. The molecule has 0 saturated heterocycles. The third kappa shape index (κ3) is 5.23. The summed E-state index contributed by atoms with van der Waals surface area (Å²) in [4.78, 5) is 0. The second-order valence-corrected chi connectivity index (χ2v) is 5.31. The minimum atomic E-state index is -0.409. The fraction of sp³-hybridized carbons (Fsp3) is 0.250. The molecule has 2 aromatic carbocycles. The van der Waals surface area contributed by atoms with E-state index in [-0.39, 0.29) is 0 Å². The smallest absolute Gasteiger partial charge is 0.137 e. The average Bonchev–Trinajstić information content (AvgIpc) is 2.40. The van der Waals surface area contributed by atoms with Gasteiger partial charge in [-0.2, -0.15) is 0 Å². The molecule has 2 aromatic rings. The summed E-state index contributed by atoms with van der Waals surface area (Å²) < 4.78 is 5.59. The van der Waals surface area contributed by atoms with Gasteiger partial charge in [-0.3, -0.25) is 0 Å². The summed E-state index contributed by atoms with van der Waals surface area (Å²) in [5.41, 5.74) is 1.47. The highest BCUT2D eigenvalue weighted by Crippen LogP contribution is 2.16. The van der Waals surface area contributed by atoms with Crippen molar-refractivity contribution in [2.45, 2.75) is 24.0 Å². The lowest BCUT2D eigenvalue weighted by Crippen LogP contribution is -2.17. The van der Waals surface area contributed by atoms with Crippen molar-refractivity contribution in [3.05, 3.63) is 71.8 Å². The van der Waals surface area contributed by atoms with Crippen molar-refractivity contribution in [3.63, 3.8) is 0 Å². The molecule has 0 heterocycles. The lowest BCUT2D eigenvalue weighted by Gasteiger charge is -2.16. The highest BCUT2D eigenvalue weighted by atomic mass is 35.5. The predicted molar refractivity (Wildman–Crippen MR) is 80.7 cm³/mol. The second kappa shape index (κ2) is 7.54. The van der Waals surface area contributed by atoms with Crippen LogP contribution in [0.1, 0.15) is 11.1 Å². The molecule has 0 spiro atoms. The van der Waals surface area contributed by atoms with E-state index >= 15 is 0 Å². The Morgan fingerprint density at radius 1 is 0.684 bits per heavy atom. The molecular formula is C16H16Cl2O. The summed E-state index contributed by atoms with van der Waals surface area (Å²) in [6.45, 7) is 0. The van der Waals surface area contributed by atoms with Gasteiger partial charge in [0, 0.05) is 12.8 Å². The first-order chi connectivity index (χ1) is 9.24. The maximum atomic E-state index is 6.17. The van der Waals surface area contributed by atoms with Crippen LogP contribution in [-0.2, 0) is 17.6 Å². The quantitative estimate of drug-likeness (QED) is 0.707. The number of rotatable bonds is 6. The van der Waals surface area contributed by atoms with Crippen LogP contribution < -0.4 is 0 Å². The predicted octanol–water partition coefficient (Wildman–Crippen LogP) is 4.62. The fourth-order valence-electron chi connectivity index (χ4n) is 1.86. The van der Waals surface area contributed by atoms with Crippen LogP contribution in [0.4, 0.5) is 0 Å². The van der Waals surface area contributed by atoms with Gasteiger partial charge in [-0.05, 0) is 11.1 Å².